The minimum atomic E-state index is -3.71. The van der Waals surface area contributed by atoms with Crippen molar-refractivity contribution in [1.82, 2.24) is 10.2 Å². The molecule has 128 valence electrons. The van der Waals surface area contributed by atoms with E-state index in [4.69, 9.17) is 0 Å². The highest BCUT2D eigenvalue weighted by Crippen LogP contribution is 2.20. The Morgan fingerprint density at radius 2 is 1.52 bits per heavy atom. The molecule has 0 saturated carbocycles. The highest BCUT2D eigenvalue weighted by atomic mass is 32.2. The summed E-state index contributed by atoms with van der Waals surface area (Å²) in [6.45, 7) is 3.68. The van der Waals surface area contributed by atoms with Crippen molar-refractivity contribution < 1.29 is 8.42 Å². The van der Waals surface area contributed by atoms with Crippen LogP contribution in [-0.4, -0.2) is 18.6 Å². The second kappa shape index (κ2) is 6.90. The second-order valence-corrected chi connectivity index (χ2v) is 7.32. The zero-order valence-electron chi connectivity index (χ0n) is 13.9. The number of nitrogens with one attached hydrogen (secondary N) is 2. The number of anilines is 3. The molecule has 0 radical (unpaired) electrons. The van der Waals surface area contributed by atoms with E-state index in [9.17, 15) is 8.42 Å². The van der Waals surface area contributed by atoms with Crippen LogP contribution >= 0.6 is 0 Å². The van der Waals surface area contributed by atoms with E-state index in [1.807, 2.05) is 43.3 Å². The number of aromatic nitrogens is 2. The van der Waals surface area contributed by atoms with Gasteiger partial charge < -0.3 is 5.32 Å². The Labute approximate surface area is 147 Å². The Morgan fingerprint density at radius 3 is 2.16 bits per heavy atom. The topological polar surface area (TPSA) is 84.0 Å². The lowest BCUT2D eigenvalue weighted by atomic mass is 10.2. The summed E-state index contributed by atoms with van der Waals surface area (Å²) in [5.41, 5.74) is 2.57. The van der Waals surface area contributed by atoms with Gasteiger partial charge in [-0.1, -0.05) is 35.9 Å². The number of aryl methyl sites for hydroxylation is 2. The van der Waals surface area contributed by atoms with Gasteiger partial charge in [0, 0.05) is 5.69 Å². The Morgan fingerprint density at radius 1 is 0.840 bits per heavy atom. The lowest BCUT2D eigenvalue weighted by molar-refractivity contribution is 0.600. The number of rotatable bonds is 5. The molecular weight excluding hydrogens is 336 g/mol. The Hall–Kier alpha value is -2.93. The minimum absolute atomic E-state index is 0.165. The quantitative estimate of drug-likeness (QED) is 0.731. The van der Waals surface area contributed by atoms with Gasteiger partial charge in [0.15, 0.2) is 11.6 Å². The first-order chi connectivity index (χ1) is 11.9. The molecule has 0 amide bonds. The minimum Gasteiger partial charge on any atom is -0.339 e. The molecule has 0 spiro atoms. The fraction of sp³-hybridized carbons (Fsp3) is 0.111. The van der Waals surface area contributed by atoms with Crippen molar-refractivity contribution in [2.24, 2.45) is 0 Å². The van der Waals surface area contributed by atoms with E-state index >= 15 is 0 Å². The van der Waals surface area contributed by atoms with E-state index in [0.717, 1.165) is 11.3 Å². The molecule has 2 aromatic carbocycles. The zero-order valence-corrected chi connectivity index (χ0v) is 14.7. The van der Waals surface area contributed by atoms with Gasteiger partial charge in [-0.15, -0.1) is 10.2 Å². The van der Waals surface area contributed by atoms with Gasteiger partial charge in [0.25, 0.3) is 10.0 Å². The summed E-state index contributed by atoms with van der Waals surface area (Å²) in [6, 6.07) is 17.9. The summed E-state index contributed by atoms with van der Waals surface area (Å²) in [5.74, 6) is 0.694. The number of hydrogen-bond donors (Lipinski definition) is 2. The van der Waals surface area contributed by atoms with Crippen LogP contribution in [0, 0.1) is 13.8 Å². The van der Waals surface area contributed by atoms with Crippen LogP contribution < -0.4 is 10.0 Å². The molecule has 7 heteroatoms. The molecule has 0 fully saturated rings. The fourth-order valence-electron chi connectivity index (χ4n) is 2.42. The van der Waals surface area contributed by atoms with Gasteiger partial charge in [0.05, 0.1) is 4.90 Å². The summed E-state index contributed by atoms with van der Waals surface area (Å²) in [6.07, 6.45) is 0. The first-order valence-electron chi connectivity index (χ1n) is 7.70. The summed E-state index contributed by atoms with van der Waals surface area (Å²) >= 11 is 0. The number of nitrogens with zero attached hydrogens (tertiary/aromatic N) is 2. The number of benzene rings is 2. The van der Waals surface area contributed by atoms with Crippen LogP contribution in [0.4, 0.5) is 17.3 Å². The van der Waals surface area contributed by atoms with E-state index < -0.39 is 10.0 Å². The number of sulfonamides is 1. The van der Waals surface area contributed by atoms with Crippen LogP contribution in [0.2, 0.25) is 0 Å². The SMILES string of the molecule is Cc1ccc(S(=O)(=O)Nc2ccc(Nc3ccccc3)nn2)c(C)c1. The van der Waals surface area contributed by atoms with Crippen LogP contribution in [-0.2, 0) is 10.0 Å². The highest BCUT2D eigenvalue weighted by Gasteiger charge is 2.17. The van der Waals surface area contributed by atoms with Gasteiger partial charge in [-0.25, -0.2) is 8.42 Å². The summed E-state index contributed by atoms with van der Waals surface area (Å²) < 4.78 is 27.5. The standard InChI is InChI=1S/C18H18N4O2S/c1-13-8-9-16(14(2)12-13)25(23,24)22-18-11-10-17(20-21-18)19-15-6-4-3-5-7-15/h3-12H,1-2H3,(H,19,20)(H,21,22). The van der Waals surface area contributed by atoms with Crippen LogP contribution in [0.15, 0.2) is 65.6 Å². The molecule has 0 atom stereocenters. The third kappa shape index (κ3) is 4.13. The molecular formula is C18H18N4O2S. The van der Waals surface area contributed by atoms with Gasteiger partial charge in [-0.05, 0) is 49.7 Å². The maximum absolute atomic E-state index is 12.5. The summed E-state index contributed by atoms with van der Waals surface area (Å²) in [7, 11) is -3.71. The molecule has 3 aromatic rings. The first kappa shape index (κ1) is 16.9. The number of hydrogen-bond acceptors (Lipinski definition) is 5. The molecule has 0 saturated heterocycles. The average molecular weight is 354 g/mol. The molecule has 1 heterocycles. The molecule has 0 bridgehead atoms. The normalized spacial score (nSPS) is 11.1. The average Bonchev–Trinajstić information content (AvgIpc) is 2.57. The fourth-order valence-corrected chi connectivity index (χ4v) is 3.64. The monoisotopic (exact) mass is 354 g/mol. The van der Waals surface area contributed by atoms with E-state index in [0.29, 0.717) is 11.4 Å². The Bertz CT molecular complexity index is 972. The lowest BCUT2D eigenvalue weighted by Crippen LogP contribution is -2.15. The lowest BCUT2D eigenvalue weighted by Gasteiger charge is -2.10. The predicted octanol–water partition coefficient (Wildman–Crippen LogP) is 3.64. The zero-order chi connectivity index (χ0) is 17.9. The van der Waals surface area contributed by atoms with Crippen LogP contribution in [0.5, 0.6) is 0 Å². The van der Waals surface area contributed by atoms with Gasteiger partial charge in [0.2, 0.25) is 0 Å². The molecule has 0 unspecified atom stereocenters. The highest BCUT2D eigenvalue weighted by molar-refractivity contribution is 7.92. The van der Waals surface area contributed by atoms with Gasteiger partial charge in [-0.2, -0.15) is 0 Å². The Balaban J connectivity index is 1.76. The summed E-state index contributed by atoms with van der Waals surface area (Å²) in [5, 5.41) is 11.0. The van der Waals surface area contributed by atoms with Gasteiger partial charge in [0.1, 0.15) is 0 Å². The molecule has 0 aliphatic heterocycles. The third-order valence-corrected chi connectivity index (χ3v) is 5.08. The molecule has 3 rings (SSSR count). The van der Waals surface area contributed by atoms with Gasteiger partial charge >= 0.3 is 0 Å². The molecule has 0 aliphatic carbocycles. The van der Waals surface area contributed by atoms with Crippen molar-refractivity contribution in [2.45, 2.75) is 18.7 Å². The first-order valence-corrected chi connectivity index (χ1v) is 9.18. The van der Waals surface area contributed by atoms with Crippen molar-refractivity contribution in [3.8, 4) is 0 Å². The van der Waals surface area contributed by atoms with Crippen LogP contribution in [0.25, 0.3) is 0 Å². The molecule has 1 aromatic heterocycles. The van der Waals surface area contributed by atoms with E-state index in [-0.39, 0.29) is 10.7 Å². The van der Waals surface area contributed by atoms with Crippen LogP contribution in [0.3, 0.4) is 0 Å². The summed E-state index contributed by atoms with van der Waals surface area (Å²) in [4.78, 5) is 0.228. The van der Waals surface area contributed by atoms with Crippen molar-refractivity contribution >= 4 is 27.3 Å². The largest absolute Gasteiger partial charge is 0.339 e. The predicted molar refractivity (Wildman–Crippen MR) is 98.5 cm³/mol. The van der Waals surface area contributed by atoms with Gasteiger partial charge in [-0.3, -0.25) is 4.72 Å². The Kier molecular flexibility index (Phi) is 4.67. The molecule has 25 heavy (non-hydrogen) atoms. The smallest absolute Gasteiger partial charge is 0.263 e. The molecule has 6 nitrogen and oxygen atoms in total. The third-order valence-electron chi connectivity index (χ3n) is 3.57. The van der Waals surface area contributed by atoms with E-state index in [1.54, 1.807) is 31.2 Å². The van der Waals surface area contributed by atoms with E-state index in [2.05, 4.69) is 20.2 Å². The van der Waals surface area contributed by atoms with Crippen molar-refractivity contribution in [2.75, 3.05) is 10.0 Å². The number of para-hydroxylation sites is 1. The maximum Gasteiger partial charge on any atom is 0.263 e. The van der Waals surface area contributed by atoms with Crippen molar-refractivity contribution in [3.63, 3.8) is 0 Å². The molecule has 2 N–H and O–H groups in total. The maximum atomic E-state index is 12.5. The van der Waals surface area contributed by atoms with Crippen molar-refractivity contribution in [3.05, 3.63) is 71.8 Å². The van der Waals surface area contributed by atoms with Crippen molar-refractivity contribution in [1.29, 1.82) is 0 Å². The second-order valence-electron chi connectivity index (χ2n) is 5.67. The molecule has 0 aliphatic rings. The van der Waals surface area contributed by atoms with E-state index in [1.165, 1.54) is 0 Å². The van der Waals surface area contributed by atoms with Crippen LogP contribution in [0.1, 0.15) is 11.1 Å².